The fourth-order valence-corrected chi connectivity index (χ4v) is 2.75. The van der Waals surface area contributed by atoms with E-state index in [-0.39, 0.29) is 0 Å². The smallest absolute Gasteiger partial charge is 0.148 e. The van der Waals surface area contributed by atoms with Crippen LogP contribution in [0.2, 0.25) is 0 Å². The van der Waals surface area contributed by atoms with Gasteiger partial charge in [-0.05, 0) is 49.6 Å². The SMILES string of the molecule is Cc1ccc(N=C(Nc2ccc(C)cc2)c2cccs2)cc1. The summed E-state index contributed by atoms with van der Waals surface area (Å²) < 4.78 is 0. The summed E-state index contributed by atoms with van der Waals surface area (Å²) in [5, 5.41) is 5.50. The lowest BCUT2D eigenvalue weighted by atomic mass is 10.2. The summed E-state index contributed by atoms with van der Waals surface area (Å²) in [6.07, 6.45) is 0. The standard InChI is InChI=1S/C19H18N2S/c1-14-5-9-16(10-6-14)20-19(18-4-3-13-22-18)21-17-11-7-15(2)8-12-17/h3-13H,1-2H3,(H,20,21). The molecule has 0 unspecified atom stereocenters. The molecule has 0 aliphatic carbocycles. The lowest BCUT2D eigenvalue weighted by Gasteiger charge is -2.09. The Morgan fingerprint density at radius 2 is 1.50 bits per heavy atom. The Morgan fingerprint density at radius 1 is 0.864 bits per heavy atom. The first-order chi connectivity index (χ1) is 10.7. The molecule has 1 heterocycles. The monoisotopic (exact) mass is 306 g/mol. The van der Waals surface area contributed by atoms with E-state index >= 15 is 0 Å². The molecule has 0 aliphatic rings. The molecule has 0 amide bonds. The minimum Gasteiger partial charge on any atom is -0.339 e. The summed E-state index contributed by atoms with van der Waals surface area (Å²) in [5.74, 6) is 0.878. The summed E-state index contributed by atoms with van der Waals surface area (Å²) in [6.45, 7) is 4.17. The van der Waals surface area contributed by atoms with Gasteiger partial charge in [-0.1, -0.05) is 41.5 Å². The molecule has 2 aromatic carbocycles. The Kier molecular flexibility index (Phi) is 4.35. The van der Waals surface area contributed by atoms with Crippen LogP contribution in [0.5, 0.6) is 0 Å². The number of benzene rings is 2. The van der Waals surface area contributed by atoms with Crippen molar-refractivity contribution in [1.29, 1.82) is 0 Å². The van der Waals surface area contributed by atoms with Gasteiger partial charge in [-0.3, -0.25) is 0 Å². The Bertz CT molecular complexity index is 754. The first-order valence-corrected chi connectivity index (χ1v) is 8.11. The summed E-state index contributed by atoms with van der Waals surface area (Å²) in [4.78, 5) is 5.90. The van der Waals surface area contributed by atoms with Gasteiger partial charge >= 0.3 is 0 Å². The van der Waals surface area contributed by atoms with Crippen LogP contribution in [0, 0.1) is 13.8 Å². The predicted molar refractivity (Wildman–Crippen MR) is 96.5 cm³/mol. The van der Waals surface area contributed by atoms with E-state index in [0.29, 0.717) is 0 Å². The molecule has 0 saturated carbocycles. The quantitative estimate of drug-likeness (QED) is 0.497. The van der Waals surface area contributed by atoms with Gasteiger partial charge in [0.15, 0.2) is 0 Å². The van der Waals surface area contributed by atoms with Gasteiger partial charge in [0.05, 0.1) is 10.6 Å². The molecule has 0 aliphatic heterocycles. The molecular formula is C19H18N2S. The molecule has 0 fully saturated rings. The van der Waals surface area contributed by atoms with E-state index in [0.717, 1.165) is 22.1 Å². The summed E-state index contributed by atoms with van der Waals surface area (Å²) in [7, 11) is 0. The first kappa shape index (κ1) is 14.5. The number of rotatable bonds is 3. The van der Waals surface area contributed by atoms with E-state index in [2.05, 4.69) is 67.0 Å². The molecule has 22 heavy (non-hydrogen) atoms. The second-order valence-corrected chi connectivity index (χ2v) is 6.21. The maximum absolute atomic E-state index is 4.78. The number of aliphatic imine (C=N–C) groups is 1. The van der Waals surface area contributed by atoms with Crippen molar-refractivity contribution in [3.05, 3.63) is 82.0 Å². The summed E-state index contributed by atoms with van der Waals surface area (Å²) >= 11 is 1.68. The van der Waals surface area contributed by atoms with Crippen LogP contribution in [0.1, 0.15) is 16.0 Å². The molecule has 0 spiro atoms. The van der Waals surface area contributed by atoms with Crippen LogP contribution in [0.3, 0.4) is 0 Å². The van der Waals surface area contributed by atoms with Gasteiger partial charge in [-0.15, -0.1) is 11.3 Å². The van der Waals surface area contributed by atoms with Gasteiger partial charge in [0.25, 0.3) is 0 Å². The highest BCUT2D eigenvalue weighted by atomic mass is 32.1. The van der Waals surface area contributed by atoms with E-state index in [1.807, 2.05) is 18.2 Å². The van der Waals surface area contributed by atoms with Crippen LogP contribution < -0.4 is 5.32 Å². The van der Waals surface area contributed by atoms with Crippen molar-refractivity contribution >= 4 is 28.5 Å². The fourth-order valence-electron chi connectivity index (χ4n) is 2.08. The van der Waals surface area contributed by atoms with Crippen LogP contribution in [0.25, 0.3) is 0 Å². The summed E-state index contributed by atoms with van der Waals surface area (Å²) in [5.41, 5.74) is 4.49. The number of amidine groups is 1. The predicted octanol–water partition coefficient (Wildman–Crippen LogP) is 5.56. The second-order valence-electron chi connectivity index (χ2n) is 5.26. The zero-order valence-corrected chi connectivity index (χ0v) is 13.5. The zero-order chi connectivity index (χ0) is 15.4. The van der Waals surface area contributed by atoms with Crippen molar-refractivity contribution in [2.75, 3.05) is 5.32 Å². The van der Waals surface area contributed by atoms with Crippen LogP contribution >= 0.6 is 11.3 Å². The average Bonchev–Trinajstić information content (AvgIpc) is 3.05. The van der Waals surface area contributed by atoms with Gasteiger partial charge in [-0.25, -0.2) is 4.99 Å². The average molecular weight is 306 g/mol. The lowest BCUT2D eigenvalue weighted by molar-refractivity contribution is 1.42. The first-order valence-electron chi connectivity index (χ1n) is 7.24. The Morgan fingerprint density at radius 3 is 2.09 bits per heavy atom. The van der Waals surface area contributed by atoms with Gasteiger partial charge in [0.1, 0.15) is 5.84 Å². The number of hydrogen-bond acceptors (Lipinski definition) is 2. The van der Waals surface area contributed by atoms with E-state index in [4.69, 9.17) is 4.99 Å². The Hall–Kier alpha value is -2.39. The number of nitrogens with one attached hydrogen (secondary N) is 1. The normalized spacial score (nSPS) is 11.5. The third-order valence-electron chi connectivity index (χ3n) is 3.34. The molecule has 1 aromatic heterocycles. The topological polar surface area (TPSA) is 24.4 Å². The molecule has 1 N–H and O–H groups in total. The van der Waals surface area contributed by atoms with Crippen molar-refractivity contribution in [2.45, 2.75) is 13.8 Å². The van der Waals surface area contributed by atoms with Crippen molar-refractivity contribution < 1.29 is 0 Å². The third-order valence-corrected chi connectivity index (χ3v) is 4.22. The maximum atomic E-state index is 4.78. The minimum atomic E-state index is 0.878. The number of nitrogens with zero attached hydrogens (tertiary/aromatic N) is 1. The highest BCUT2D eigenvalue weighted by molar-refractivity contribution is 7.12. The molecule has 3 aromatic rings. The van der Waals surface area contributed by atoms with Gasteiger partial charge in [0.2, 0.25) is 0 Å². The van der Waals surface area contributed by atoms with Crippen LogP contribution in [0.15, 0.2) is 71.0 Å². The van der Waals surface area contributed by atoms with Crippen molar-refractivity contribution in [3.63, 3.8) is 0 Å². The minimum absolute atomic E-state index is 0.878. The third kappa shape index (κ3) is 3.62. The molecule has 3 heteroatoms. The molecule has 0 saturated heterocycles. The lowest BCUT2D eigenvalue weighted by Crippen LogP contribution is -2.11. The van der Waals surface area contributed by atoms with Gasteiger partial charge in [0, 0.05) is 5.69 Å². The second kappa shape index (κ2) is 6.58. The van der Waals surface area contributed by atoms with E-state index in [9.17, 15) is 0 Å². The van der Waals surface area contributed by atoms with Crippen molar-refractivity contribution in [1.82, 2.24) is 0 Å². The molecule has 0 atom stereocenters. The van der Waals surface area contributed by atoms with E-state index < -0.39 is 0 Å². The maximum Gasteiger partial charge on any atom is 0.148 e. The zero-order valence-electron chi connectivity index (χ0n) is 12.7. The largest absolute Gasteiger partial charge is 0.339 e. The molecule has 2 nitrogen and oxygen atoms in total. The van der Waals surface area contributed by atoms with Gasteiger partial charge in [-0.2, -0.15) is 0 Å². The number of anilines is 1. The van der Waals surface area contributed by atoms with Crippen LogP contribution in [-0.4, -0.2) is 5.84 Å². The van der Waals surface area contributed by atoms with Gasteiger partial charge < -0.3 is 5.32 Å². The molecular weight excluding hydrogens is 288 g/mol. The number of thiophene rings is 1. The fraction of sp³-hybridized carbons (Fsp3) is 0.105. The van der Waals surface area contributed by atoms with Crippen molar-refractivity contribution in [3.8, 4) is 0 Å². The highest BCUT2D eigenvalue weighted by Gasteiger charge is 2.06. The molecule has 0 radical (unpaired) electrons. The van der Waals surface area contributed by atoms with Crippen LogP contribution in [-0.2, 0) is 0 Å². The molecule has 3 rings (SSSR count). The van der Waals surface area contributed by atoms with E-state index in [1.54, 1.807) is 11.3 Å². The van der Waals surface area contributed by atoms with Crippen molar-refractivity contribution in [2.24, 2.45) is 4.99 Å². The Balaban J connectivity index is 1.93. The number of hydrogen-bond donors (Lipinski definition) is 1. The molecule has 110 valence electrons. The summed E-state index contributed by atoms with van der Waals surface area (Å²) in [6, 6.07) is 20.7. The highest BCUT2D eigenvalue weighted by Crippen LogP contribution is 2.19. The Labute approximate surface area is 135 Å². The van der Waals surface area contributed by atoms with Crippen LogP contribution in [0.4, 0.5) is 11.4 Å². The van der Waals surface area contributed by atoms with E-state index in [1.165, 1.54) is 11.1 Å². The molecule has 0 bridgehead atoms. The number of aryl methyl sites for hydroxylation is 2.